The summed E-state index contributed by atoms with van der Waals surface area (Å²) in [6.45, 7) is 0.662. The Hall–Kier alpha value is -1.93. The van der Waals surface area contributed by atoms with Crippen LogP contribution in [0.25, 0.3) is 0 Å². The fourth-order valence-corrected chi connectivity index (χ4v) is 6.80. The highest BCUT2D eigenvalue weighted by Gasteiger charge is 2.74. The van der Waals surface area contributed by atoms with E-state index in [1.807, 2.05) is 18.2 Å². The lowest BCUT2D eigenvalue weighted by Gasteiger charge is -2.36. The third kappa shape index (κ3) is 2.35. The highest BCUT2D eigenvalue weighted by atomic mass is 79.9. The average molecular weight is 521 g/mol. The predicted molar refractivity (Wildman–Crippen MR) is 120 cm³/mol. The van der Waals surface area contributed by atoms with E-state index in [2.05, 4.69) is 26.1 Å². The average Bonchev–Trinajstić information content (AvgIpc) is 3.43. The Kier molecular flexibility index (Phi) is 4.16. The number of nitrogens with one attached hydrogen (secondary N) is 1. The molecule has 1 spiro atoms. The molecule has 158 valence electrons. The van der Waals surface area contributed by atoms with Crippen LogP contribution in [-0.4, -0.2) is 35.2 Å². The normalized spacial score (nSPS) is 31.4. The summed E-state index contributed by atoms with van der Waals surface area (Å²) in [5.41, 5.74) is 0.480. The second kappa shape index (κ2) is 6.54. The minimum Gasteiger partial charge on any atom is -0.324 e. The van der Waals surface area contributed by atoms with Crippen molar-refractivity contribution in [1.29, 1.82) is 0 Å². The van der Waals surface area contributed by atoms with Gasteiger partial charge in [0.2, 0.25) is 17.7 Å². The standard InChI is InChI=1S/C22H16BrCl2N3O3/c23-10-3-6-14-12(8-10)22(21(31)26-14)18-17(15-2-1-7-27(15)22)19(29)28(20(18)30)16-9-11(24)4-5-13(16)25/h3-6,8-9,15,17-18H,1-2,7H2,(H,26,31)/t15-,17+,18+,22-/m1/s1. The smallest absolute Gasteiger partial charge is 0.250 e. The number of carbonyl (C=O) groups is 3. The highest BCUT2D eigenvalue weighted by Crippen LogP contribution is 2.61. The van der Waals surface area contributed by atoms with Crippen LogP contribution >= 0.6 is 39.1 Å². The zero-order chi connectivity index (χ0) is 21.7. The van der Waals surface area contributed by atoms with Crippen LogP contribution in [0.4, 0.5) is 11.4 Å². The van der Waals surface area contributed by atoms with Crippen molar-refractivity contribution in [3.05, 3.63) is 56.5 Å². The number of rotatable bonds is 1. The summed E-state index contributed by atoms with van der Waals surface area (Å²) < 4.78 is 0.813. The van der Waals surface area contributed by atoms with E-state index in [0.717, 1.165) is 27.8 Å². The maximum atomic E-state index is 13.9. The summed E-state index contributed by atoms with van der Waals surface area (Å²) in [5, 5.41) is 3.61. The first-order valence-electron chi connectivity index (χ1n) is 10.1. The first kappa shape index (κ1) is 19.7. The molecule has 2 aromatic carbocycles. The van der Waals surface area contributed by atoms with E-state index in [9.17, 15) is 14.4 Å². The summed E-state index contributed by atoms with van der Waals surface area (Å²) in [6, 6.07) is 10.1. The van der Waals surface area contributed by atoms with Gasteiger partial charge < -0.3 is 5.32 Å². The van der Waals surface area contributed by atoms with Crippen LogP contribution in [0.3, 0.4) is 0 Å². The third-order valence-corrected chi connectivity index (χ3v) is 8.15. The van der Waals surface area contributed by atoms with Gasteiger partial charge in [0.15, 0.2) is 0 Å². The summed E-state index contributed by atoms with van der Waals surface area (Å²) >= 11 is 16.0. The molecule has 2 aromatic rings. The Bertz CT molecular complexity index is 1200. The Balaban J connectivity index is 1.58. The molecule has 0 saturated carbocycles. The quantitative estimate of drug-likeness (QED) is 0.572. The molecule has 3 fully saturated rings. The van der Waals surface area contributed by atoms with Crippen molar-refractivity contribution in [3.63, 3.8) is 0 Å². The van der Waals surface area contributed by atoms with Gasteiger partial charge in [-0.15, -0.1) is 0 Å². The van der Waals surface area contributed by atoms with E-state index < -0.39 is 23.3 Å². The fraction of sp³-hybridized carbons (Fsp3) is 0.318. The number of benzene rings is 2. The molecule has 4 heterocycles. The van der Waals surface area contributed by atoms with Crippen molar-refractivity contribution in [2.24, 2.45) is 11.8 Å². The zero-order valence-corrected chi connectivity index (χ0v) is 19.2. The molecular formula is C22H16BrCl2N3O3. The third-order valence-electron chi connectivity index (χ3n) is 7.10. The summed E-state index contributed by atoms with van der Waals surface area (Å²) in [5.74, 6) is -2.41. The Morgan fingerprint density at radius 2 is 1.87 bits per heavy atom. The molecule has 4 aliphatic heterocycles. The van der Waals surface area contributed by atoms with Gasteiger partial charge in [0, 0.05) is 26.8 Å². The van der Waals surface area contributed by atoms with E-state index >= 15 is 0 Å². The van der Waals surface area contributed by atoms with Gasteiger partial charge in [-0.2, -0.15) is 0 Å². The van der Waals surface area contributed by atoms with Crippen LogP contribution < -0.4 is 10.2 Å². The maximum absolute atomic E-state index is 13.9. The minimum absolute atomic E-state index is 0.180. The Morgan fingerprint density at radius 3 is 2.68 bits per heavy atom. The van der Waals surface area contributed by atoms with Gasteiger partial charge in [0.25, 0.3) is 0 Å². The number of hydrogen-bond acceptors (Lipinski definition) is 4. The number of fused-ring (bicyclic) bond motifs is 7. The lowest BCUT2D eigenvalue weighted by atomic mass is 9.75. The number of carbonyl (C=O) groups excluding carboxylic acids is 3. The van der Waals surface area contributed by atoms with Crippen molar-refractivity contribution in [3.8, 4) is 0 Å². The summed E-state index contributed by atoms with van der Waals surface area (Å²) in [7, 11) is 0. The lowest BCUT2D eigenvalue weighted by molar-refractivity contribution is -0.135. The van der Waals surface area contributed by atoms with Gasteiger partial charge in [0.05, 0.1) is 22.5 Å². The van der Waals surface area contributed by atoms with Crippen LogP contribution in [0, 0.1) is 11.8 Å². The van der Waals surface area contributed by atoms with E-state index in [4.69, 9.17) is 23.2 Å². The first-order valence-corrected chi connectivity index (χ1v) is 11.6. The van der Waals surface area contributed by atoms with Crippen LogP contribution in [0.1, 0.15) is 18.4 Å². The largest absolute Gasteiger partial charge is 0.324 e. The number of hydrogen-bond donors (Lipinski definition) is 1. The van der Waals surface area contributed by atoms with Gasteiger partial charge >= 0.3 is 0 Å². The maximum Gasteiger partial charge on any atom is 0.250 e. The second-order valence-corrected chi connectivity index (χ2v) is 10.2. The molecule has 3 saturated heterocycles. The molecule has 6 nitrogen and oxygen atoms in total. The molecular weight excluding hydrogens is 505 g/mol. The van der Waals surface area contributed by atoms with Crippen molar-refractivity contribution in [2.75, 3.05) is 16.8 Å². The highest BCUT2D eigenvalue weighted by molar-refractivity contribution is 9.10. The Labute approximate surface area is 196 Å². The predicted octanol–water partition coefficient (Wildman–Crippen LogP) is 4.19. The number of nitrogens with zero attached hydrogens (tertiary/aromatic N) is 2. The van der Waals surface area contributed by atoms with Crippen LogP contribution in [0.2, 0.25) is 10.0 Å². The molecule has 31 heavy (non-hydrogen) atoms. The van der Waals surface area contributed by atoms with Crippen molar-refractivity contribution in [1.82, 2.24) is 4.90 Å². The van der Waals surface area contributed by atoms with E-state index in [0.29, 0.717) is 17.3 Å². The van der Waals surface area contributed by atoms with Gasteiger partial charge in [-0.1, -0.05) is 39.1 Å². The molecule has 0 bridgehead atoms. The minimum atomic E-state index is -1.21. The zero-order valence-electron chi connectivity index (χ0n) is 16.1. The van der Waals surface area contributed by atoms with Crippen LogP contribution in [-0.2, 0) is 19.9 Å². The van der Waals surface area contributed by atoms with E-state index in [-0.39, 0.29) is 28.6 Å². The number of amides is 3. The molecule has 1 N–H and O–H groups in total. The molecule has 4 aliphatic rings. The molecule has 3 amide bonds. The molecule has 0 aliphatic carbocycles. The summed E-state index contributed by atoms with van der Waals surface area (Å²) in [6.07, 6.45) is 1.63. The summed E-state index contributed by atoms with van der Waals surface area (Å²) in [4.78, 5) is 44.3. The van der Waals surface area contributed by atoms with Crippen molar-refractivity contribution >= 4 is 68.2 Å². The molecule has 9 heteroatoms. The van der Waals surface area contributed by atoms with Gasteiger partial charge in [-0.05, 0) is 55.8 Å². The topological polar surface area (TPSA) is 69.7 Å². The van der Waals surface area contributed by atoms with Crippen LogP contribution in [0.15, 0.2) is 40.9 Å². The van der Waals surface area contributed by atoms with E-state index in [1.165, 1.54) is 6.07 Å². The lowest BCUT2D eigenvalue weighted by Crippen LogP contribution is -2.54. The monoisotopic (exact) mass is 519 g/mol. The molecule has 6 rings (SSSR count). The molecule has 0 aromatic heterocycles. The first-order chi connectivity index (χ1) is 14.9. The van der Waals surface area contributed by atoms with Gasteiger partial charge in [-0.25, -0.2) is 4.90 Å². The van der Waals surface area contributed by atoms with Gasteiger partial charge in [-0.3, -0.25) is 19.3 Å². The molecule has 0 unspecified atom stereocenters. The number of imide groups is 1. The van der Waals surface area contributed by atoms with Crippen molar-refractivity contribution in [2.45, 2.75) is 24.4 Å². The second-order valence-electron chi connectivity index (χ2n) is 8.42. The SMILES string of the molecule is O=C1[C@H]2[C@H]3CCCN3[C@@]3(C(=O)Nc4ccc(Br)cc43)[C@@H]2C(=O)N1c1cc(Cl)ccc1Cl. The number of halogens is 3. The molecule has 4 atom stereocenters. The fourth-order valence-electron chi connectivity index (χ4n) is 6.07. The van der Waals surface area contributed by atoms with Crippen molar-refractivity contribution < 1.29 is 14.4 Å². The molecule has 0 radical (unpaired) electrons. The Morgan fingerprint density at radius 1 is 1.06 bits per heavy atom. The van der Waals surface area contributed by atoms with Gasteiger partial charge in [0.1, 0.15) is 5.54 Å². The van der Waals surface area contributed by atoms with Crippen LogP contribution in [0.5, 0.6) is 0 Å². The van der Waals surface area contributed by atoms with E-state index in [1.54, 1.807) is 12.1 Å². The number of anilines is 2.